The lowest BCUT2D eigenvalue weighted by atomic mass is 9.76. The molecule has 0 aromatic heterocycles. The van der Waals surface area contributed by atoms with Crippen LogP contribution in [0.15, 0.2) is 72.8 Å². The van der Waals surface area contributed by atoms with Gasteiger partial charge in [-0.15, -0.1) is 0 Å². The predicted molar refractivity (Wildman–Crippen MR) is 127 cm³/mol. The van der Waals surface area contributed by atoms with E-state index in [0.29, 0.717) is 19.2 Å². The van der Waals surface area contributed by atoms with Crippen LogP contribution in [0, 0.1) is 11.6 Å². The minimum atomic E-state index is -6.48. The molecule has 0 heterocycles. The molecule has 0 fully saturated rings. The predicted octanol–water partition coefficient (Wildman–Crippen LogP) is 6.03. The van der Waals surface area contributed by atoms with E-state index < -0.39 is 70.8 Å². The number of hydrogen-bond acceptors (Lipinski definition) is 3. The lowest BCUT2D eigenvalue weighted by Crippen LogP contribution is -2.72. The molecule has 0 aliphatic carbocycles. The maximum Gasteiger partial charge on any atom is 0.428 e. The first-order valence-electron chi connectivity index (χ1n) is 11.8. The lowest BCUT2D eigenvalue weighted by Gasteiger charge is -2.41. The molecule has 0 saturated heterocycles. The van der Waals surface area contributed by atoms with E-state index in [-0.39, 0.29) is 17.2 Å². The summed E-state index contributed by atoms with van der Waals surface area (Å²) < 4.78 is 152. The summed E-state index contributed by atoms with van der Waals surface area (Å²) >= 11 is 0. The Labute approximate surface area is 231 Å². The van der Waals surface area contributed by atoms with E-state index in [1.54, 1.807) is 0 Å². The van der Waals surface area contributed by atoms with E-state index in [4.69, 9.17) is 0 Å². The van der Waals surface area contributed by atoms with Crippen molar-refractivity contribution in [1.29, 1.82) is 0 Å². The van der Waals surface area contributed by atoms with Gasteiger partial charge < -0.3 is 15.7 Å². The van der Waals surface area contributed by atoms with Crippen LogP contribution in [0.4, 0.5) is 48.3 Å². The number of aliphatic hydroxyl groups is 1. The van der Waals surface area contributed by atoms with Crippen LogP contribution >= 0.6 is 0 Å². The minimum Gasteiger partial charge on any atom is -0.372 e. The Balaban J connectivity index is 2.38. The standard InChI is InChI=1S/C27H21F11N2O2/c1-39-21(24(42,26(33,34)35)27(36,37)38)22(41)40-23(14-15-5-3-2-4-6-15,16-7-9-19(28)10-8-16)17-11-18(25(30,31)32)13-20(29)12-17/h2-13,21,39,42H,14H2,1H3,(H,40,41)/t21-,23-/m1/s1. The van der Waals surface area contributed by atoms with E-state index >= 15 is 0 Å². The number of halogens is 11. The van der Waals surface area contributed by atoms with Crippen LogP contribution in [-0.2, 0) is 22.9 Å². The summed E-state index contributed by atoms with van der Waals surface area (Å²) in [5, 5.41) is 13.3. The number of rotatable bonds is 8. The van der Waals surface area contributed by atoms with Gasteiger partial charge in [-0.1, -0.05) is 42.5 Å². The normalized spacial score (nSPS) is 15.2. The van der Waals surface area contributed by atoms with Gasteiger partial charge in [0.2, 0.25) is 5.91 Å². The summed E-state index contributed by atoms with van der Waals surface area (Å²) in [7, 11) is 0.507. The van der Waals surface area contributed by atoms with Crippen molar-refractivity contribution < 1.29 is 58.2 Å². The van der Waals surface area contributed by atoms with Crippen LogP contribution in [0.25, 0.3) is 0 Å². The molecule has 42 heavy (non-hydrogen) atoms. The van der Waals surface area contributed by atoms with Crippen molar-refractivity contribution in [2.45, 2.75) is 42.1 Å². The van der Waals surface area contributed by atoms with Gasteiger partial charge in [0.1, 0.15) is 17.7 Å². The van der Waals surface area contributed by atoms with Gasteiger partial charge >= 0.3 is 18.5 Å². The molecule has 3 aromatic carbocycles. The fourth-order valence-electron chi connectivity index (χ4n) is 4.50. The molecule has 0 spiro atoms. The first kappa shape index (κ1) is 32.8. The summed E-state index contributed by atoms with van der Waals surface area (Å²) in [4.78, 5) is 13.4. The van der Waals surface area contributed by atoms with E-state index in [0.717, 1.165) is 24.3 Å². The van der Waals surface area contributed by atoms with Gasteiger partial charge in [-0.3, -0.25) is 4.79 Å². The second-order valence-corrected chi connectivity index (χ2v) is 9.27. The first-order valence-corrected chi connectivity index (χ1v) is 11.8. The molecule has 3 aromatic rings. The Morgan fingerprint density at radius 2 is 1.26 bits per heavy atom. The molecule has 0 aliphatic rings. The van der Waals surface area contributed by atoms with Crippen LogP contribution in [0.2, 0.25) is 0 Å². The van der Waals surface area contributed by atoms with Crippen LogP contribution in [-0.4, -0.2) is 42.1 Å². The molecule has 0 saturated carbocycles. The van der Waals surface area contributed by atoms with E-state index in [2.05, 4.69) is 0 Å². The summed E-state index contributed by atoms with van der Waals surface area (Å²) in [5.41, 5.74) is -10.7. The van der Waals surface area contributed by atoms with E-state index in [1.807, 2.05) is 5.32 Å². The maximum absolute atomic E-state index is 14.6. The Morgan fingerprint density at radius 3 is 1.74 bits per heavy atom. The van der Waals surface area contributed by atoms with Gasteiger partial charge in [-0.05, 0) is 54.1 Å². The highest BCUT2D eigenvalue weighted by Gasteiger charge is 2.75. The molecule has 1 amide bonds. The van der Waals surface area contributed by atoms with Gasteiger partial charge in [-0.25, -0.2) is 8.78 Å². The molecule has 0 bridgehead atoms. The number of alkyl halides is 9. The van der Waals surface area contributed by atoms with Crippen molar-refractivity contribution in [3.63, 3.8) is 0 Å². The quantitative estimate of drug-likeness (QED) is 0.272. The molecule has 0 unspecified atom stereocenters. The molecule has 2 atom stereocenters. The molecular formula is C27H21F11N2O2. The number of amides is 1. The number of hydrogen-bond donors (Lipinski definition) is 3. The van der Waals surface area contributed by atoms with Crippen molar-refractivity contribution in [1.82, 2.24) is 10.6 Å². The van der Waals surface area contributed by atoms with E-state index in [9.17, 15) is 58.2 Å². The smallest absolute Gasteiger partial charge is 0.372 e. The first-order chi connectivity index (χ1) is 19.3. The van der Waals surface area contributed by atoms with Gasteiger partial charge in [0.25, 0.3) is 5.60 Å². The Bertz CT molecular complexity index is 1370. The van der Waals surface area contributed by atoms with Crippen LogP contribution in [0.5, 0.6) is 0 Å². The van der Waals surface area contributed by atoms with Crippen molar-refractivity contribution in [3.05, 3.63) is 107 Å². The molecule has 4 nitrogen and oxygen atoms in total. The largest absolute Gasteiger partial charge is 0.428 e. The molecule has 0 aliphatic heterocycles. The fraction of sp³-hybridized carbons (Fsp3) is 0.296. The number of benzene rings is 3. The van der Waals surface area contributed by atoms with Crippen LogP contribution in [0.1, 0.15) is 22.3 Å². The Kier molecular flexibility index (Phi) is 8.99. The van der Waals surface area contributed by atoms with Gasteiger partial charge in [0.05, 0.1) is 11.1 Å². The minimum absolute atomic E-state index is 0.0890. The second kappa shape index (κ2) is 11.5. The van der Waals surface area contributed by atoms with Gasteiger partial charge in [-0.2, -0.15) is 39.5 Å². The summed E-state index contributed by atoms with van der Waals surface area (Å²) in [5.74, 6) is -4.58. The third-order valence-corrected chi connectivity index (χ3v) is 6.54. The van der Waals surface area contributed by atoms with Crippen molar-refractivity contribution in [2.24, 2.45) is 0 Å². The summed E-state index contributed by atoms with van der Waals surface area (Å²) in [6.07, 6.45) is -18.8. The summed E-state index contributed by atoms with van der Waals surface area (Å²) in [6.45, 7) is 0. The molecule has 15 heteroatoms. The lowest BCUT2D eigenvalue weighted by molar-refractivity contribution is -0.373. The fourth-order valence-corrected chi connectivity index (χ4v) is 4.50. The molecular weight excluding hydrogens is 593 g/mol. The molecule has 0 radical (unpaired) electrons. The number of carbonyl (C=O) groups is 1. The zero-order valence-corrected chi connectivity index (χ0v) is 21.2. The molecule has 228 valence electrons. The van der Waals surface area contributed by atoms with Crippen LogP contribution in [0.3, 0.4) is 0 Å². The van der Waals surface area contributed by atoms with Gasteiger partial charge in [0, 0.05) is 6.42 Å². The van der Waals surface area contributed by atoms with Crippen LogP contribution < -0.4 is 10.6 Å². The third-order valence-electron chi connectivity index (χ3n) is 6.54. The highest BCUT2D eigenvalue weighted by Crippen LogP contribution is 2.46. The average molecular weight is 614 g/mol. The highest BCUT2D eigenvalue weighted by atomic mass is 19.4. The van der Waals surface area contributed by atoms with Gasteiger partial charge in [0.15, 0.2) is 0 Å². The van der Waals surface area contributed by atoms with E-state index in [1.165, 1.54) is 35.6 Å². The zero-order chi connectivity index (χ0) is 31.7. The zero-order valence-electron chi connectivity index (χ0n) is 21.2. The van der Waals surface area contributed by atoms with Crippen molar-refractivity contribution in [3.8, 4) is 0 Å². The highest BCUT2D eigenvalue weighted by molar-refractivity contribution is 5.85. The topological polar surface area (TPSA) is 61.4 Å². The Morgan fingerprint density at radius 1 is 0.738 bits per heavy atom. The SMILES string of the molecule is CN[C@H](C(=O)N[C@](Cc1ccccc1)(c1ccc(F)cc1)c1cc(F)cc(C(F)(F)F)c1)C(O)(C(F)(F)F)C(F)(F)F. The number of carbonyl (C=O) groups excluding carboxylic acids is 1. The number of nitrogens with one attached hydrogen (secondary N) is 2. The summed E-state index contributed by atoms with van der Waals surface area (Å²) in [6, 6.07) is 7.88. The number of likely N-dealkylation sites (N-methyl/N-ethyl adjacent to an activating group) is 1. The third kappa shape index (κ3) is 6.36. The average Bonchev–Trinajstić information content (AvgIpc) is 2.87. The monoisotopic (exact) mass is 614 g/mol. The maximum atomic E-state index is 14.6. The van der Waals surface area contributed by atoms with Crippen molar-refractivity contribution in [2.75, 3.05) is 7.05 Å². The van der Waals surface area contributed by atoms with Crippen molar-refractivity contribution >= 4 is 5.91 Å². The second-order valence-electron chi connectivity index (χ2n) is 9.27. The Hall–Kier alpha value is -3.72. The molecule has 3 rings (SSSR count). The molecule has 3 N–H and O–H groups in total.